The number of para-hydroxylation sites is 1. The molecule has 0 atom stereocenters. The number of halogens is 4. The Kier molecular flexibility index (Phi) is 7.44. The van der Waals surface area contributed by atoms with Crippen molar-refractivity contribution in [2.45, 2.75) is 33.3 Å². The van der Waals surface area contributed by atoms with E-state index in [4.69, 9.17) is 22.1 Å². The average Bonchev–Trinajstić information content (AvgIpc) is 3.64. The molecule has 0 aliphatic heterocycles. The molecule has 0 spiro atoms. The number of aryl methyl sites for hydroxylation is 2. The predicted octanol–water partition coefficient (Wildman–Crippen LogP) is 5.74. The molecule has 0 saturated heterocycles. The van der Waals surface area contributed by atoms with Crippen LogP contribution >= 0.6 is 22.9 Å². The average molecular weight is 604 g/mol. The third kappa shape index (κ3) is 5.60. The minimum Gasteiger partial charge on any atom is -0.470 e. The standard InChI is InChI=1S/C26H21ClF3N7O3S/c1-3-36-11-15(13(2)34-36)14-10-19(26(28,29)30)32-25-20(14)21(22(41-25)23(31)38)33-24(39)17-8-9-37(35-17)12-40-18-7-5-4-6-16(18)27/h4-11H,3,12H2,1-2H3,(H2,31,38)(H,33,39). The number of carbonyl (C=O) groups is 2. The third-order valence-electron chi connectivity index (χ3n) is 6.04. The van der Waals surface area contributed by atoms with Gasteiger partial charge < -0.3 is 15.8 Å². The van der Waals surface area contributed by atoms with Crippen molar-refractivity contribution >= 4 is 50.7 Å². The van der Waals surface area contributed by atoms with Gasteiger partial charge in [-0.3, -0.25) is 14.3 Å². The summed E-state index contributed by atoms with van der Waals surface area (Å²) >= 11 is 6.75. The van der Waals surface area contributed by atoms with E-state index in [0.29, 0.717) is 39.9 Å². The second-order valence-electron chi connectivity index (χ2n) is 8.79. The van der Waals surface area contributed by atoms with E-state index in [1.165, 1.54) is 16.9 Å². The molecule has 10 nitrogen and oxygen atoms in total. The Bertz CT molecular complexity index is 1790. The summed E-state index contributed by atoms with van der Waals surface area (Å²) in [4.78, 5) is 29.1. The van der Waals surface area contributed by atoms with Crippen molar-refractivity contribution in [3.8, 4) is 16.9 Å². The number of amides is 2. The lowest BCUT2D eigenvalue weighted by Crippen LogP contribution is -2.18. The Morgan fingerprint density at radius 2 is 1.90 bits per heavy atom. The number of fused-ring (bicyclic) bond motifs is 1. The fourth-order valence-electron chi connectivity index (χ4n) is 4.12. The maximum absolute atomic E-state index is 13.8. The molecule has 0 radical (unpaired) electrons. The van der Waals surface area contributed by atoms with Gasteiger partial charge in [-0.25, -0.2) is 9.67 Å². The Hall–Kier alpha value is -4.43. The van der Waals surface area contributed by atoms with Crippen LogP contribution in [0.4, 0.5) is 18.9 Å². The number of hydrogen-bond donors (Lipinski definition) is 2. The van der Waals surface area contributed by atoms with Crippen LogP contribution in [-0.2, 0) is 19.5 Å². The van der Waals surface area contributed by atoms with Crippen LogP contribution in [0.15, 0.2) is 48.8 Å². The molecular weight excluding hydrogens is 583 g/mol. The highest BCUT2D eigenvalue weighted by Crippen LogP contribution is 2.44. The van der Waals surface area contributed by atoms with E-state index in [1.54, 1.807) is 42.1 Å². The molecule has 0 unspecified atom stereocenters. The minimum absolute atomic E-state index is 0.0427. The molecule has 2 amide bonds. The van der Waals surface area contributed by atoms with E-state index in [9.17, 15) is 22.8 Å². The quantitative estimate of drug-likeness (QED) is 0.232. The summed E-state index contributed by atoms with van der Waals surface area (Å²) in [5.74, 6) is -1.25. The van der Waals surface area contributed by atoms with Gasteiger partial charge in [0.05, 0.1) is 16.4 Å². The first-order chi connectivity index (χ1) is 19.5. The van der Waals surface area contributed by atoms with E-state index in [-0.39, 0.29) is 38.8 Å². The number of rotatable bonds is 8. The lowest BCUT2D eigenvalue weighted by atomic mass is 10.0. The number of hydrogen-bond acceptors (Lipinski definition) is 7. The van der Waals surface area contributed by atoms with Crippen LogP contribution in [0.1, 0.15) is 38.5 Å². The van der Waals surface area contributed by atoms with E-state index in [0.717, 1.165) is 6.07 Å². The maximum Gasteiger partial charge on any atom is 0.433 e. The summed E-state index contributed by atoms with van der Waals surface area (Å²) in [6, 6.07) is 9.13. The summed E-state index contributed by atoms with van der Waals surface area (Å²) in [6.45, 7) is 3.90. The number of alkyl halides is 3. The first-order valence-corrected chi connectivity index (χ1v) is 13.3. The normalized spacial score (nSPS) is 11.7. The van der Waals surface area contributed by atoms with E-state index in [1.807, 2.05) is 6.92 Å². The lowest BCUT2D eigenvalue weighted by molar-refractivity contribution is -0.140. The van der Waals surface area contributed by atoms with Crippen molar-refractivity contribution in [1.29, 1.82) is 0 Å². The number of aromatic nitrogens is 5. The van der Waals surface area contributed by atoms with Gasteiger partial charge in [0.2, 0.25) is 0 Å². The Morgan fingerprint density at radius 1 is 1.15 bits per heavy atom. The van der Waals surface area contributed by atoms with Gasteiger partial charge in [-0.15, -0.1) is 11.3 Å². The molecule has 1 aromatic carbocycles. The number of nitrogens with zero attached hydrogens (tertiary/aromatic N) is 5. The predicted molar refractivity (Wildman–Crippen MR) is 147 cm³/mol. The molecule has 0 aliphatic rings. The van der Waals surface area contributed by atoms with Crippen molar-refractivity contribution < 1.29 is 27.5 Å². The number of benzene rings is 1. The topological polar surface area (TPSA) is 130 Å². The van der Waals surface area contributed by atoms with Crippen molar-refractivity contribution in [2.75, 3.05) is 5.32 Å². The first-order valence-electron chi connectivity index (χ1n) is 12.1. The molecule has 0 fully saturated rings. The Morgan fingerprint density at radius 3 is 2.56 bits per heavy atom. The SMILES string of the molecule is CCn1cc(-c2cc(C(F)(F)F)nc3sc(C(N)=O)c(NC(=O)c4ccn(COc5ccccc5Cl)n4)c23)c(C)n1. The summed E-state index contributed by atoms with van der Waals surface area (Å²) < 4.78 is 50.0. The number of nitrogens with one attached hydrogen (secondary N) is 1. The van der Waals surface area contributed by atoms with Gasteiger partial charge in [0.15, 0.2) is 12.4 Å². The lowest BCUT2D eigenvalue weighted by Gasteiger charge is -2.11. The van der Waals surface area contributed by atoms with Crippen molar-refractivity contribution in [2.24, 2.45) is 5.73 Å². The van der Waals surface area contributed by atoms with Crippen molar-refractivity contribution in [3.63, 3.8) is 0 Å². The number of pyridine rings is 1. The zero-order valence-electron chi connectivity index (χ0n) is 21.5. The number of nitrogens with two attached hydrogens (primary N) is 1. The van der Waals surface area contributed by atoms with Crippen LogP contribution in [0.5, 0.6) is 5.75 Å². The molecule has 212 valence electrons. The summed E-state index contributed by atoms with van der Waals surface area (Å²) in [6.07, 6.45) is -1.67. The van der Waals surface area contributed by atoms with Gasteiger partial charge in [-0.1, -0.05) is 23.7 Å². The maximum atomic E-state index is 13.8. The van der Waals surface area contributed by atoms with Crippen molar-refractivity contribution in [3.05, 3.63) is 75.8 Å². The van der Waals surface area contributed by atoms with Gasteiger partial charge in [-0.05, 0) is 43.7 Å². The molecule has 0 aliphatic carbocycles. The smallest absolute Gasteiger partial charge is 0.433 e. The fraction of sp³-hybridized carbons (Fsp3) is 0.192. The van der Waals surface area contributed by atoms with Gasteiger partial charge in [0.25, 0.3) is 11.8 Å². The largest absolute Gasteiger partial charge is 0.470 e. The van der Waals surface area contributed by atoms with Gasteiger partial charge in [0, 0.05) is 29.9 Å². The number of ether oxygens (including phenoxy) is 1. The van der Waals surface area contributed by atoms with Crippen LogP contribution in [0.2, 0.25) is 5.02 Å². The molecule has 0 saturated carbocycles. The van der Waals surface area contributed by atoms with Crippen LogP contribution in [-0.4, -0.2) is 36.4 Å². The number of anilines is 1. The van der Waals surface area contributed by atoms with Gasteiger partial charge >= 0.3 is 6.18 Å². The highest BCUT2D eigenvalue weighted by molar-refractivity contribution is 7.21. The Balaban J connectivity index is 1.55. The highest BCUT2D eigenvalue weighted by atomic mass is 35.5. The van der Waals surface area contributed by atoms with Crippen LogP contribution in [0.3, 0.4) is 0 Å². The molecule has 15 heteroatoms. The minimum atomic E-state index is -4.77. The van der Waals surface area contributed by atoms with Gasteiger partial charge in [0.1, 0.15) is 21.2 Å². The molecule has 0 bridgehead atoms. The third-order valence-corrected chi connectivity index (χ3v) is 7.45. The van der Waals surface area contributed by atoms with E-state index in [2.05, 4.69) is 20.5 Å². The van der Waals surface area contributed by atoms with Crippen molar-refractivity contribution in [1.82, 2.24) is 24.5 Å². The van der Waals surface area contributed by atoms with E-state index >= 15 is 0 Å². The summed E-state index contributed by atoms with van der Waals surface area (Å²) in [5.41, 5.74) is 5.25. The molecule has 5 rings (SSSR count). The first kappa shape index (κ1) is 28.1. The van der Waals surface area contributed by atoms with Crippen LogP contribution in [0.25, 0.3) is 21.3 Å². The molecule has 4 heterocycles. The second-order valence-corrected chi connectivity index (χ2v) is 10.2. The van der Waals surface area contributed by atoms with Crippen LogP contribution < -0.4 is 15.8 Å². The molecule has 3 N–H and O–H groups in total. The molecule has 5 aromatic rings. The molecule has 4 aromatic heterocycles. The summed E-state index contributed by atoms with van der Waals surface area (Å²) in [5, 5.41) is 11.7. The number of carbonyl (C=O) groups excluding carboxylic acids is 2. The fourth-order valence-corrected chi connectivity index (χ4v) is 5.32. The highest BCUT2D eigenvalue weighted by Gasteiger charge is 2.35. The zero-order chi connectivity index (χ0) is 29.5. The van der Waals surface area contributed by atoms with Gasteiger partial charge in [-0.2, -0.15) is 23.4 Å². The van der Waals surface area contributed by atoms with Crippen LogP contribution in [0, 0.1) is 6.92 Å². The molecular formula is C26H21ClF3N7O3S. The van der Waals surface area contributed by atoms with E-state index < -0.39 is 23.7 Å². The molecule has 41 heavy (non-hydrogen) atoms. The zero-order valence-corrected chi connectivity index (χ0v) is 23.1. The number of thiophene rings is 1. The monoisotopic (exact) mass is 603 g/mol. The Labute approximate surface area is 239 Å². The second kappa shape index (κ2) is 10.9. The number of primary amides is 1. The summed E-state index contributed by atoms with van der Waals surface area (Å²) in [7, 11) is 0.